The van der Waals surface area contributed by atoms with Crippen LogP contribution in [-0.2, 0) is 0 Å². The summed E-state index contributed by atoms with van der Waals surface area (Å²) in [5.41, 5.74) is 2.72. The van der Waals surface area contributed by atoms with Crippen molar-refractivity contribution >= 4 is 0 Å². The zero-order valence-corrected chi connectivity index (χ0v) is 12.6. The Bertz CT molecular complexity index is 719. The van der Waals surface area contributed by atoms with Crippen LogP contribution < -0.4 is 0 Å². The summed E-state index contributed by atoms with van der Waals surface area (Å²) in [7, 11) is 0. The molecule has 3 rings (SSSR count). The molecule has 0 heterocycles. The third-order valence-electron chi connectivity index (χ3n) is 3.25. The molecule has 0 saturated carbocycles. The molecule has 0 aromatic heterocycles. The van der Waals surface area contributed by atoms with Crippen LogP contribution in [0.1, 0.15) is 5.56 Å². The van der Waals surface area contributed by atoms with Crippen molar-refractivity contribution in [2.75, 3.05) is 0 Å². The molecule has 4 N–H and O–H groups in total. The van der Waals surface area contributed by atoms with Gasteiger partial charge in [-0.15, -0.1) is 0 Å². The van der Waals surface area contributed by atoms with E-state index in [9.17, 15) is 0 Å². The zero-order chi connectivity index (χ0) is 16.8. The van der Waals surface area contributed by atoms with Crippen LogP contribution in [0.15, 0.2) is 66.7 Å². The van der Waals surface area contributed by atoms with E-state index >= 15 is 0 Å². The van der Waals surface area contributed by atoms with Crippen molar-refractivity contribution in [2.24, 2.45) is 0 Å². The van der Waals surface area contributed by atoms with Gasteiger partial charge in [-0.2, -0.15) is 0 Å². The predicted octanol–water partition coefficient (Wildman–Crippen LogP) is 4.17. The molecule has 0 unspecified atom stereocenters. The fraction of sp³-hybridized carbons (Fsp3) is 0.0526. The van der Waals surface area contributed by atoms with Crippen molar-refractivity contribution in [3.05, 3.63) is 72.3 Å². The molecule has 0 aliphatic carbocycles. The van der Waals surface area contributed by atoms with Gasteiger partial charge in [-0.25, -0.2) is 0 Å². The van der Waals surface area contributed by atoms with Gasteiger partial charge in [0.05, 0.1) is 0 Å². The molecule has 0 radical (unpaired) electrons. The maximum absolute atomic E-state index is 9.11. The summed E-state index contributed by atoms with van der Waals surface area (Å²) in [6.45, 7) is 1.73. The molecule has 3 aromatic rings. The molecule has 23 heavy (non-hydrogen) atoms. The Morgan fingerprint density at radius 3 is 1.26 bits per heavy atom. The van der Waals surface area contributed by atoms with Gasteiger partial charge in [-0.3, -0.25) is 0 Å². The standard InChI is InChI=1S/C12H10O2.C7H8O2/c13-11-5-1-9(2-6-11)10-3-7-12(14)8-4-10;1-5-4-6(8)2-3-7(5)9/h1-8,13-14H;2-4,8-9H,1H3. The smallest absolute Gasteiger partial charge is 0.118 e. The van der Waals surface area contributed by atoms with Crippen LogP contribution in [0.25, 0.3) is 11.1 Å². The van der Waals surface area contributed by atoms with Crippen molar-refractivity contribution in [3.8, 4) is 34.1 Å². The first kappa shape index (κ1) is 16.2. The number of rotatable bonds is 1. The normalized spacial score (nSPS) is 9.78. The van der Waals surface area contributed by atoms with E-state index in [1.807, 2.05) is 24.3 Å². The molecule has 4 nitrogen and oxygen atoms in total. The Morgan fingerprint density at radius 2 is 0.913 bits per heavy atom. The number of aromatic hydroxyl groups is 4. The van der Waals surface area contributed by atoms with E-state index in [-0.39, 0.29) is 23.0 Å². The van der Waals surface area contributed by atoms with Crippen LogP contribution in [0.2, 0.25) is 0 Å². The molecule has 0 saturated heterocycles. The number of hydrogen-bond donors (Lipinski definition) is 4. The fourth-order valence-electron chi connectivity index (χ4n) is 1.95. The maximum atomic E-state index is 9.11. The molecule has 0 aliphatic heterocycles. The van der Waals surface area contributed by atoms with Crippen LogP contribution in [0.4, 0.5) is 0 Å². The minimum Gasteiger partial charge on any atom is -0.508 e. The minimum absolute atomic E-state index is 0.185. The highest BCUT2D eigenvalue weighted by atomic mass is 16.3. The summed E-state index contributed by atoms with van der Waals surface area (Å²) in [5.74, 6) is 0.915. The van der Waals surface area contributed by atoms with E-state index in [2.05, 4.69) is 0 Å². The summed E-state index contributed by atoms with van der Waals surface area (Å²) in [4.78, 5) is 0. The van der Waals surface area contributed by atoms with E-state index < -0.39 is 0 Å². The third-order valence-corrected chi connectivity index (χ3v) is 3.25. The second kappa shape index (κ2) is 7.22. The first-order chi connectivity index (χ1) is 11.0. The quantitative estimate of drug-likeness (QED) is 0.508. The Balaban J connectivity index is 0.000000185. The highest BCUT2D eigenvalue weighted by molar-refractivity contribution is 5.64. The van der Waals surface area contributed by atoms with Crippen LogP contribution in [0.5, 0.6) is 23.0 Å². The lowest BCUT2D eigenvalue weighted by Gasteiger charge is -2.01. The molecule has 3 aromatic carbocycles. The van der Waals surface area contributed by atoms with Crippen LogP contribution in [-0.4, -0.2) is 20.4 Å². The van der Waals surface area contributed by atoms with Crippen molar-refractivity contribution < 1.29 is 20.4 Å². The zero-order valence-electron chi connectivity index (χ0n) is 12.6. The van der Waals surface area contributed by atoms with E-state index in [0.29, 0.717) is 5.56 Å². The summed E-state index contributed by atoms with van der Waals surface area (Å²) >= 11 is 0. The highest BCUT2D eigenvalue weighted by Gasteiger charge is 1.97. The van der Waals surface area contributed by atoms with Crippen LogP contribution in [0, 0.1) is 6.92 Å². The van der Waals surface area contributed by atoms with Gasteiger partial charge < -0.3 is 20.4 Å². The van der Waals surface area contributed by atoms with Crippen molar-refractivity contribution in [3.63, 3.8) is 0 Å². The lowest BCUT2D eigenvalue weighted by Crippen LogP contribution is -1.75. The molecule has 0 bridgehead atoms. The van der Waals surface area contributed by atoms with E-state index in [1.54, 1.807) is 31.2 Å². The molecular weight excluding hydrogens is 292 g/mol. The van der Waals surface area contributed by atoms with E-state index in [4.69, 9.17) is 20.4 Å². The number of hydrogen-bond acceptors (Lipinski definition) is 4. The Hall–Kier alpha value is -3.14. The van der Waals surface area contributed by atoms with Gasteiger partial charge in [-0.1, -0.05) is 24.3 Å². The summed E-state index contributed by atoms with van der Waals surface area (Å²) in [6, 6.07) is 18.3. The molecule has 0 spiro atoms. The molecular formula is C19H18O4. The second-order valence-electron chi connectivity index (χ2n) is 5.06. The summed E-state index contributed by atoms with van der Waals surface area (Å²) in [6.07, 6.45) is 0. The number of phenols is 4. The third kappa shape index (κ3) is 4.68. The lowest BCUT2D eigenvalue weighted by molar-refractivity contribution is 0.456. The topological polar surface area (TPSA) is 80.9 Å². The van der Waals surface area contributed by atoms with E-state index in [0.717, 1.165) is 11.1 Å². The molecule has 0 aliphatic rings. The fourth-order valence-corrected chi connectivity index (χ4v) is 1.95. The Morgan fingerprint density at radius 1 is 0.522 bits per heavy atom. The molecule has 0 atom stereocenters. The first-order valence-electron chi connectivity index (χ1n) is 7.03. The monoisotopic (exact) mass is 310 g/mol. The second-order valence-corrected chi connectivity index (χ2v) is 5.06. The predicted molar refractivity (Wildman–Crippen MR) is 89.7 cm³/mol. The van der Waals surface area contributed by atoms with Crippen molar-refractivity contribution in [1.82, 2.24) is 0 Å². The highest BCUT2D eigenvalue weighted by Crippen LogP contribution is 2.23. The van der Waals surface area contributed by atoms with Crippen LogP contribution >= 0.6 is 0 Å². The SMILES string of the molecule is Cc1cc(O)ccc1O.Oc1ccc(-c2ccc(O)cc2)cc1. The van der Waals surface area contributed by atoms with Gasteiger partial charge in [0.1, 0.15) is 23.0 Å². The van der Waals surface area contributed by atoms with Crippen molar-refractivity contribution in [2.45, 2.75) is 6.92 Å². The molecule has 4 heteroatoms. The minimum atomic E-state index is 0.185. The van der Waals surface area contributed by atoms with Gasteiger partial charge in [-0.05, 0) is 66.1 Å². The average Bonchev–Trinajstić information content (AvgIpc) is 2.54. The number of phenolic OH excluding ortho intramolecular Hbond substituents is 4. The average molecular weight is 310 g/mol. The maximum Gasteiger partial charge on any atom is 0.118 e. The lowest BCUT2D eigenvalue weighted by atomic mass is 10.1. The Kier molecular flexibility index (Phi) is 5.10. The summed E-state index contributed by atoms with van der Waals surface area (Å²) in [5, 5.41) is 36.0. The number of benzene rings is 3. The van der Waals surface area contributed by atoms with Gasteiger partial charge in [0.25, 0.3) is 0 Å². The van der Waals surface area contributed by atoms with Crippen LogP contribution in [0.3, 0.4) is 0 Å². The van der Waals surface area contributed by atoms with Gasteiger partial charge >= 0.3 is 0 Å². The van der Waals surface area contributed by atoms with Gasteiger partial charge in [0, 0.05) is 0 Å². The van der Waals surface area contributed by atoms with E-state index in [1.165, 1.54) is 18.2 Å². The van der Waals surface area contributed by atoms with Gasteiger partial charge in [0.2, 0.25) is 0 Å². The summed E-state index contributed by atoms with van der Waals surface area (Å²) < 4.78 is 0. The largest absolute Gasteiger partial charge is 0.508 e. The molecule has 0 fully saturated rings. The molecule has 118 valence electrons. The number of aryl methyl sites for hydroxylation is 1. The van der Waals surface area contributed by atoms with Gasteiger partial charge in [0.15, 0.2) is 0 Å². The molecule has 0 amide bonds. The Labute approximate surface area is 134 Å². The first-order valence-corrected chi connectivity index (χ1v) is 7.03. The van der Waals surface area contributed by atoms with Crippen molar-refractivity contribution in [1.29, 1.82) is 0 Å².